The lowest BCUT2D eigenvalue weighted by atomic mass is 10.0. The number of aryl methyl sites for hydroxylation is 2. The van der Waals surface area contributed by atoms with Crippen molar-refractivity contribution in [1.29, 1.82) is 0 Å². The molecule has 0 aliphatic carbocycles. The van der Waals surface area contributed by atoms with E-state index in [1.165, 1.54) is 5.56 Å². The van der Waals surface area contributed by atoms with Crippen molar-refractivity contribution < 1.29 is 4.79 Å². The maximum Gasteiger partial charge on any atom is 0.194 e. The van der Waals surface area contributed by atoms with Gasteiger partial charge in [-0.15, -0.1) is 11.3 Å². The number of hydrogen-bond donors (Lipinski definition) is 0. The SMILES string of the molecule is Cc1ccc(C(=O)c2ccsc2C)cc1. The number of carbonyl (C=O) groups is 1. The predicted molar refractivity (Wildman–Crippen MR) is 63.7 cm³/mol. The van der Waals surface area contributed by atoms with Crippen LogP contribution in [0.5, 0.6) is 0 Å². The van der Waals surface area contributed by atoms with E-state index in [2.05, 4.69) is 0 Å². The van der Waals surface area contributed by atoms with Crippen LogP contribution in [-0.4, -0.2) is 5.78 Å². The Labute approximate surface area is 93.4 Å². The van der Waals surface area contributed by atoms with Crippen LogP contribution in [0.3, 0.4) is 0 Å². The van der Waals surface area contributed by atoms with Crippen LogP contribution in [0.4, 0.5) is 0 Å². The Morgan fingerprint density at radius 2 is 1.73 bits per heavy atom. The Morgan fingerprint density at radius 1 is 1.07 bits per heavy atom. The third-order valence-electron chi connectivity index (χ3n) is 2.42. The van der Waals surface area contributed by atoms with E-state index in [1.54, 1.807) is 11.3 Å². The van der Waals surface area contributed by atoms with Crippen LogP contribution in [-0.2, 0) is 0 Å². The second-order valence-electron chi connectivity index (χ2n) is 3.59. The van der Waals surface area contributed by atoms with Gasteiger partial charge in [-0.05, 0) is 25.3 Å². The first-order valence-corrected chi connectivity index (χ1v) is 5.72. The molecule has 0 aliphatic heterocycles. The van der Waals surface area contributed by atoms with Crippen LogP contribution in [0.2, 0.25) is 0 Å². The molecule has 0 spiro atoms. The monoisotopic (exact) mass is 216 g/mol. The molecule has 0 amide bonds. The maximum absolute atomic E-state index is 12.0. The number of ketones is 1. The van der Waals surface area contributed by atoms with Gasteiger partial charge in [-0.3, -0.25) is 4.79 Å². The van der Waals surface area contributed by atoms with Gasteiger partial charge in [0.05, 0.1) is 0 Å². The molecule has 2 heteroatoms. The number of rotatable bonds is 2. The minimum Gasteiger partial charge on any atom is -0.289 e. The van der Waals surface area contributed by atoms with Gasteiger partial charge in [-0.1, -0.05) is 29.8 Å². The molecular weight excluding hydrogens is 204 g/mol. The summed E-state index contributed by atoms with van der Waals surface area (Å²) in [4.78, 5) is 13.1. The fourth-order valence-electron chi connectivity index (χ4n) is 1.48. The van der Waals surface area contributed by atoms with Crippen molar-refractivity contribution in [3.63, 3.8) is 0 Å². The highest BCUT2D eigenvalue weighted by Crippen LogP contribution is 2.19. The number of hydrogen-bond acceptors (Lipinski definition) is 2. The van der Waals surface area contributed by atoms with Gasteiger partial charge in [0.25, 0.3) is 0 Å². The van der Waals surface area contributed by atoms with E-state index >= 15 is 0 Å². The van der Waals surface area contributed by atoms with Gasteiger partial charge in [-0.2, -0.15) is 0 Å². The first kappa shape index (κ1) is 10.1. The Balaban J connectivity index is 2.37. The van der Waals surface area contributed by atoms with Crippen LogP contribution in [0.25, 0.3) is 0 Å². The summed E-state index contributed by atoms with van der Waals surface area (Å²) in [6.07, 6.45) is 0. The number of thiophene rings is 1. The molecule has 0 unspecified atom stereocenters. The summed E-state index contributed by atoms with van der Waals surface area (Å²) < 4.78 is 0. The second kappa shape index (κ2) is 3.99. The molecule has 0 bridgehead atoms. The average Bonchev–Trinajstić information content (AvgIpc) is 2.65. The van der Waals surface area contributed by atoms with Crippen LogP contribution in [0.1, 0.15) is 26.4 Å². The Morgan fingerprint density at radius 3 is 2.27 bits per heavy atom. The largest absolute Gasteiger partial charge is 0.289 e. The van der Waals surface area contributed by atoms with Crippen molar-refractivity contribution in [2.45, 2.75) is 13.8 Å². The van der Waals surface area contributed by atoms with Crippen molar-refractivity contribution in [3.8, 4) is 0 Å². The first-order valence-electron chi connectivity index (χ1n) is 4.84. The average molecular weight is 216 g/mol. The zero-order valence-corrected chi connectivity index (χ0v) is 9.60. The first-order chi connectivity index (χ1) is 7.18. The van der Waals surface area contributed by atoms with Gasteiger partial charge >= 0.3 is 0 Å². The van der Waals surface area contributed by atoms with Crippen LogP contribution in [0, 0.1) is 13.8 Å². The maximum atomic E-state index is 12.0. The summed E-state index contributed by atoms with van der Waals surface area (Å²) in [5.41, 5.74) is 2.76. The van der Waals surface area contributed by atoms with Gasteiger partial charge in [0.2, 0.25) is 0 Å². The summed E-state index contributed by atoms with van der Waals surface area (Å²) in [6, 6.07) is 9.59. The summed E-state index contributed by atoms with van der Waals surface area (Å²) in [6.45, 7) is 4.00. The molecule has 2 aromatic rings. The molecule has 0 saturated heterocycles. The van der Waals surface area contributed by atoms with Crippen molar-refractivity contribution >= 4 is 17.1 Å². The minimum atomic E-state index is 0.119. The topological polar surface area (TPSA) is 17.1 Å². The third-order valence-corrected chi connectivity index (χ3v) is 3.26. The van der Waals surface area contributed by atoms with E-state index in [0.29, 0.717) is 0 Å². The van der Waals surface area contributed by atoms with Crippen molar-refractivity contribution in [2.24, 2.45) is 0 Å². The second-order valence-corrected chi connectivity index (χ2v) is 4.71. The molecule has 0 saturated carbocycles. The molecule has 0 aliphatic rings. The summed E-state index contributed by atoms with van der Waals surface area (Å²) in [7, 11) is 0. The summed E-state index contributed by atoms with van der Waals surface area (Å²) in [5, 5.41) is 1.96. The molecule has 15 heavy (non-hydrogen) atoms. The highest BCUT2D eigenvalue weighted by atomic mass is 32.1. The normalized spacial score (nSPS) is 10.3. The van der Waals surface area contributed by atoms with Crippen molar-refractivity contribution in [1.82, 2.24) is 0 Å². The van der Waals surface area contributed by atoms with Gasteiger partial charge in [0.15, 0.2) is 5.78 Å². The molecule has 2 rings (SSSR count). The van der Waals surface area contributed by atoms with E-state index in [9.17, 15) is 4.79 Å². The number of carbonyl (C=O) groups excluding carboxylic acids is 1. The summed E-state index contributed by atoms with van der Waals surface area (Å²) in [5.74, 6) is 0.119. The number of benzene rings is 1. The molecule has 1 nitrogen and oxygen atoms in total. The van der Waals surface area contributed by atoms with Crippen LogP contribution < -0.4 is 0 Å². The van der Waals surface area contributed by atoms with Gasteiger partial charge in [-0.25, -0.2) is 0 Å². The lowest BCUT2D eigenvalue weighted by molar-refractivity contribution is 0.103. The lowest BCUT2D eigenvalue weighted by Gasteiger charge is -2.00. The Bertz CT molecular complexity index is 479. The van der Waals surface area contributed by atoms with Crippen molar-refractivity contribution in [3.05, 3.63) is 57.3 Å². The smallest absolute Gasteiger partial charge is 0.194 e. The lowest BCUT2D eigenvalue weighted by Crippen LogP contribution is -2.00. The molecule has 1 aromatic heterocycles. The molecule has 76 valence electrons. The Kier molecular flexibility index (Phi) is 2.69. The van der Waals surface area contributed by atoms with E-state index in [0.717, 1.165) is 16.0 Å². The van der Waals surface area contributed by atoms with Crippen LogP contribution >= 0.6 is 11.3 Å². The quantitative estimate of drug-likeness (QED) is 0.701. The molecule has 0 atom stereocenters. The van der Waals surface area contributed by atoms with Gasteiger partial charge < -0.3 is 0 Å². The standard InChI is InChI=1S/C13H12OS/c1-9-3-5-11(6-4-9)13(14)12-7-8-15-10(12)2/h3-8H,1-2H3. The third kappa shape index (κ3) is 2.00. The van der Waals surface area contributed by atoms with E-state index in [4.69, 9.17) is 0 Å². The fourth-order valence-corrected chi connectivity index (χ4v) is 2.18. The van der Waals surface area contributed by atoms with Gasteiger partial charge in [0, 0.05) is 16.0 Å². The van der Waals surface area contributed by atoms with Crippen molar-refractivity contribution in [2.75, 3.05) is 0 Å². The zero-order valence-electron chi connectivity index (χ0n) is 8.78. The van der Waals surface area contributed by atoms with Gasteiger partial charge in [0.1, 0.15) is 0 Å². The zero-order chi connectivity index (χ0) is 10.8. The van der Waals surface area contributed by atoms with E-state index < -0.39 is 0 Å². The molecule has 1 heterocycles. The van der Waals surface area contributed by atoms with E-state index in [1.807, 2.05) is 49.6 Å². The molecular formula is C13H12OS. The highest BCUT2D eigenvalue weighted by molar-refractivity contribution is 7.10. The molecule has 1 aromatic carbocycles. The predicted octanol–water partition coefficient (Wildman–Crippen LogP) is 3.60. The minimum absolute atomic E-state index is 0.119. The fraction of sp³-hybridized carbons (Fsp3) is 0.154. The molecule has 0 fully saturated rings. The Hall–Kier alpha value is -1.41. The molecule has 0 N–H and O–H groups in total. The summed E-state index contributed by atoms with van der Waals surface area (Å²) >= 11 is 1.61. The highest BCUT2D eigenvalue weighted by Gasteiger charge is 2.11. The molecule has 0 radical (unpaired) electrons. The van der Waals surface area contributed by atoms with E-state index in [-0.39, 0.29) is 5.78 Å². The van der Waals surface area contributed by atoms with Crippen LogP contribution in [0.15, 0.2) is 35.7 Å².